The number of anilines is 1. The zero-order chi connectivity index (χ0) is 8.97. The number of hydrogen-bond donors (Lipinski definition) is 1. The summed E-state index contributed by atoms with van der Waals surface area (Å²) in [6, 6.07) is 7.24. The molecule has 0 saturated heterocycles. The van der Waals surface area contributed by atoms with Crippen LogP contribution in [0.5, 0.6) is 0 Å². The molecule has 1 atom stereocenters. The molecule has 0 aliphatic carbocycles. The van der Waals surface area contributed by atoms with Gasteiger partial charge in [0.1, 0.15) is 0 Å². The zero-order valence-electron chi connectivity index (χ0n) is 6.53. The number of rotatable bonds is 3. The summed E-state index contributed by atoms with van der Waals surface area (Å²) in [5, 5.41) is 0. The van der Waals surface area contributed by atoms with Crippen molar-refractivity contribution in [2.75, 3.05) is 11.5 Å². The Kier molecular flexibility index (Phi) is 3.25. The van der Waals surface area contributed by atoms with Gasteiger partial charge < -0.3 is 10.3 Å². The highest BCUT2D eigenvalue weighted by Gasteiger charge is 1.92. The fourth-order valence-electron chi connectivity index (χ4n) is 0.950. The molecule has 0 spiro atoms. The molecule has 0 aromatic heterocycles. The van der Waals surface area contributed by atoms with Crippen molar-refractivity contribution in [2.45, 2.75) is 6.42 Å². The molecule has 0 radical (unpaired) electrons. The van der Waals surface area contributed by atoms with Crippen LogP contribution in [0.25, 0.3) is 0 Å². The maximum atomic E-state index is 10.2. The van der Waals surface area contributed by atoms with Gasteiger partial charge in [0.2, 0.25) is 0 Å². The molecule has 2 N–H and O–H groups in total. The van der Waals surface area contributed by atoms with E-state index in [-0.39, 0.29) is 5.75 Å². The standard InChI is InChI=1S/C8H11NO2S/c9-8-3-1-2-7(6-8)4-5-12(10)11/h1-3,6H,4-5,9H2,(H,10,11)/p-1. The van der Waals surface area contributed by atoms with Gasteiger partial charge in [0.15, 0.2) is 0 Å². The Morgan fingerprint density at radius 2 is 2.25 bits per heavy atom. The summed E-state index contributed by atoms with van der Waals surface area (Å²) < 4.78 is 20.5. The van der Waals surface area contributed by atoms with Gasteiger partial charge in [-0.05, 0) is 24.1 Å². The van der Waals surface area contributed by atoms with E-state index in [1.54, 1.807) is 12.1 Å². The molecule has 0 aliphatic heterocycles. The van der Waals surface area contributed by atoms with E-state index in [1.807, 2.05) is 12.1 Å². The van der Waals surface area contributed by atoms with E-state index in [9.17, 15) is 8.76 Å². The number of benzene rings is 1. The molecule has 66 valence electrons. The molecule has 0 amide bonds. The van der Waals surface area contributed by atoms with Crippen LogP contribution >= 0.6 is 0 Å². The molecule has 0 saturated carbocycles. The fraction of sp³-hybridized carbons (Fsp3) is 0.250. The van der Waals surface area contributed by atoms with Crippen LogP contribution in [-0.2, 0) is 17.5 Å². The van der Waals surface area contributed by atoms with E-state index >= 15 is 0 Å². The molecule has 1 unspecified atom stereocenters. The highest BCUT2D eigenvalue weighted by molar-refractivity contribution is 7.79. The van der Waals surface area contributed by atoms with E-state index in [1.165, 1.54) is 0 Å². The van der Waals surface area contributed by atoms with Gasteiger partial charge in [0, 0.05) is 11.4 Å². The van der Waals surface area contributed by atoms with Gasteiger partial charge in [0.25, 0.3) is 0 Å². The number of aryl methyl sites for hydroxylation is 1. The Balaban J connectivity index is 2.57. The Morgan fingerprint density at radius 1 is 1.50 bits per heavy atom. The van der Waals surface area contributed by atoms with Crippen LogP contribution in [0.1, 0.15) is 5.56 Å². The van der Waals surface area contributed by atoms with Crippen molar-refractivity contribution in [1.82, 2.24) is 0 Å². The number of nitrogen functional groups attached to an aromatic ring is 1. The van der Waals surface area contributed by atoms with Crippen LogP contribution < -0.4 is 5.73 Å². The van der Waals surface area contributed by atoms with Crippen LogP contribution in [0.2, 0.25) is 0 Å². The summed E-state index contributed by atoms with van der Waals surface area (Å²) in [7, 11) is 0. The third-order valence-electron chi connectivity index (χ3n) is 1.51. The first-order valence-electron chi connectivity index (χ1n) is 3.59. The lowest BCUT2D eigenvalue weighted by atomic mass is 10.1. The first kappa shape index (κ1) is 9.22. The minimum atomic E-state index is -1.96. The van der Waals surface area contributed by atoms with Crippen LogP contribution in [0.15, 0.2) is 24.3 Å². The first-order valence-corrected chi connectivity index (χ1v) is 4.83. The molecule has 12 heavy (non-hydrogen) atoms. The smallest absolute Gasteiger partial charge is 0.0316 e. The summed E-state index contributed by atoms with van der Waals surface area (Å²) in [6.07, 6.45) is 0.529. The quantitative estimate of drug-likeness (QED) is 0.555. The molecule has 1 rings (SSSR count). The molecule has 4 heteroatoms. The monoisotopic (exact) mass is 184 g/mol. The topological polar surface area (TPSA) is 66.2 Å². The summed E-state index contributed by atoms with van der Waals surface area (Å²) in [4.78, 5) is 0. The summed E-state index contributed by atoms with van der Waals surface area (Å²) in [6.45, 7) is 0. The van der Waals surface area contributed by atoms with Crippen molar-refractivity contribution in [3.8, 4) is 0 Å². The summed E-state index contributed by atoms with van der Waals surface area (Å²) in [5.41, 5.74) is 7.14. The molecule has 0 fully saturated rings. The second-order valence-corrected chi connectivity index (χ2v) is 3.52. The predicted octanol–water partition coefficient (Wildman–Crippen LogP) is 0.690. The Bertz CT molecular complexity index is 288. The lowest BCUT2D eigenvalue weighted by Gasteiger charge is -2.04. The van der Waals surface area contributed by atoms with E-state index in [0.717, 1.165) is 5.56 Å². The van der Waals surface area contributed by atoms with Crippen LogP contribution in [-0.4, -0.2) is 14.5 Å². The molecular weight excluding hydrogens is 174 g/mol. The van der Waals surface area contributed by atoms with Crippen molar-refractivity contribution in [2.24, 2.45) is 0 Å². The Labute approximate surface area is 73.9 Å². The average Bonchev–Trinajstić information content (AvgIpc) is 2.01. The SMILES string of the molecule is Nc1cccc(CCS(=O)[O-])c1. The van der Waals surface area contributed by atoms with Gasteiger partial charge in [-0.2, -0.15) is 0 Å². The lowest BCUT2D eigenvalue weighted by Crippen LogP contribution is -1.99. The van der Waals surface area contributed by atoms with Gasteiger partial charge in [-0.3, -0.25) is 4.21 Å². The Morgan fingerprint density at radius 3 is 2.83 bits per heavy atom. The van der Waals surface area contributed by atoms with Crippen molar-refractivity contribution in [3.63, 3.8) is 0 Å². The highest BCUT2D eigenvalue weighted by atomic mass is 32.2. The van der Waals surface area contributed by atoms with Gasteiger partial charge in [-0.25, -0.2) is 0 Å². The normalized spacial score (nSPS) is 12.8. The van der Waals surface area contributed by atoms with E-state index < -0.39 is 11.1 Å². The van der Waals surface area contributed by atoms with E-state index in [4.69, 9.17) is 5.73 Å². The number of hydrogen-bond acceptors (Lipinski definition) is 3. The molecule has 1 aromatic carbocycles. The lowest BCUT2D eigenvalue weighted by molar-refractivity contribution is 0.536. The first-order chi connectivity index (χ1) is 5.68. The molecule has 0 bridgehead atoms. The van der Waals surface area contributed by atoms with Crippen molar-refractivity contribution < 1.29 is 8.76 Å². The number of nitrogens with two attached hydrogens (primary N) is 1. The van der Waals surface area contributed by atoms with E-state index in [0.29, 0.717) is 12.1 Å². The van der Waals surface area contributed by atoms with E-state index in [2.05, 4.69) is 0 Å². The second-order valence-electron chi connectivity index (χ2n) is 2.50. The van der Waals surface area contributed by atoms with Gasteiger partial charge in [0.05, 0.1) is 0 Å². The molecule has 0 aliphatic rings. The fourth-order valence-corrected chi connectivity index (χ4v) is 1.35. The average molecular weight is 184 g/mol. The van der Waals surface area contributed by atoms with Gasteiger partial charge in [-0.15, -0.1) is 0 Å². The molecular formula is C8H10NO2S-. The van der Waals surface area contributed by atoms with Gasteiger partial charge >= 0.3 is 0 Å². The molecule has 1 aromatic rings. The minimum Gasteiger partial charge on any atom is -0.772 e. The summed E-state index contributed by atoms with van der Waals surface area (Å²) in [5.74, 6) is 0.156. The predicted molar refractivity (Wildman–Crippen MR) is 48.3 cm³/mol. The maximum Gasteiger partial charge on any atom is 0.0316 e. The third-order valence-corrected chi connectivity index (χ3v) is 2.05. The Hall–Kier alpha value is -0.870. The zero-order valence-corrected chi connectivity index (χ0v) is 7.34. The molecule has 3 nitrogen and oxygen atoms in total. The largest absolute Gasteiger partial charge is 0.772 e. The second kappa shape index (κ2) is 4.23. The molecule has 0 heterocycles. The van der Waals surface area contributed by atoms with Crippen LogP contribution in [0, 0.1) is 0 Å². The highest BCUT2D eigenvalue weighted by Crippen LogP contribution is 2.06. The van der Waals surface area contributed by atoms with Crippen LogP contribution in [0.4, 0.5) is 5.69 Å². The van der Waals surface area contributed by atoms with Crippen molar-refractivity contribution in [3.05, 3.63) is 29.8 Å². The maximum absolute atomic E-state index is 10.2. The summed E-state index contributed by atoms with van der Waals surface area (Å²) >= 11 is -1.96. The van der Waals surface area contributed by atoms with Gasteiger partial charge in [-0.1, -0.05) is 23.2 Å². The van der Waals surface area contributed by atoms with Crippen molar-refractivity contribution in [1.29, 1.82) is 0 Å². The van der Waals surface area contributed by atoms with Crippen molar-refractivity contribution >= 4 is 16.8 Å². The minimum absolute atomic E-state index is 0.156. The van der Waals surface area contributed by atoms with Crippen LogP contribution in [0.3, 0.4) is 0 Å². The third kappa shape index (κ3) is 3.02.